The van der Waals surface area contributed by atoms with Gasteiger partial charge in [-0.15, -0.1) is 11.3 Å². The Hall–Kier alpha value is -1.43. The molecule has 1 saturated heterocycles. The van der Waals surface area contributed by atoms with E-state index in [9.17, 15) is 9.90 Å². The molecular formula is C21H31NO3S. The molecule has 26 heavy (non-hydrogen) atoms. The van der Waals surface area contributed by atoms with E-state index in [2.05, 4.69) is 54.8 Å². The lowest BCUT2D eigenvalue weighted by molar-refractivity contribution is -0.138. The Morgan fingerprint density at radius 1 is 1.35 bits per heavy atom. The minimum atomic E-state index is -0.635. The van der Waals surface area contributed by atoms with Gasteiger partial charge >= 0.3 is 0 Å². The molecule has 5 heteroatoms. The van der Waals surface area contributed by atoms with Gasteiger partial charge in [-0.1, -0.05) is 12.1 Å². The zero-order valence-corrected chi connectivity index (χ0v) is 17.5. The van der Waals surface area contributed by atoms with Crippen LogP contribution in [-0.2, 0) is 15.1 Å². The van der Waals surface area contributed by atoms with Crippen molar-refractivity contribution in [1.82, 2.24) is 4.90 Å². The molecule has 1 aromatic carbocycles. The van der Waals surface area contributed by atoms with E-state index >= 15 is 0 Å². The zero-order valence-electron chi connectivity index (χ0n) is 16.7. The number of carbonyl (C=O) groups is 1. The first-order chi connectivity index (χ1) is 12.0. The number of rotatable bonds is 2. The third kappa shape index (κ3) is 5.29. The molecule has 0 amide bonds. The molecule has 2 unspecified atom stereocenters. The number of ether oxygens (including phenoxy) is 1. The maximum absolute atomic E-state index is 11.0. The first-order valence-corrected chi connectivity index (χ1v) is 9.90. The summed E-state index contributed by atoms with van der Waals surface area (Å²) in [7, 11) is 2.14. The Morgan fingerprint density at radius 2 is 2.04 bits per heavy atom. The van der Waals surface area contributed by atoms with Crippen LogP contribution in [0.3, 0.4) is 0 Å². The number of thiophene rings is 1. The molecule has 0 bridgehead atoms. The lowest BCUT2D eigenvalue weighted by Crippen LogP contribution is -2.45. The van der Waals surface area contributed by atoms with Gasteiger partial charge in [-0.05, 0) is 77.6 Å². The van der Waals surface area contributed by atoms with Crippen LogP contribution in [0.5, 0.6) is 0 Å². The van der Waals surface area contributed by atoms with Crippen LogP contribution in [0.25, 0.3) is 10.1 Å². The first-order valence-electron chi connectivity index (χ1n) is 9.09. The minimum Gasteiger partial charge on any atom is -0.462 e. The van der Waals surface area contributed by atoms with E-state index in [1.807, 2.05) is 20.8 Å². The lowest BCUT2D eigenvalue weighted by atomic mass is 9.86. The Bertz CT molecular complexity index is 749. The summed E-state index contributed by atoms with van der Waals surface area (Å²) < 4.78 is 5.84. The summed E-state index contributed by atoms with van der Waals surface area (Å²) in [6.07, 6.45) is 1.66. The lowest BCUT2D eigenvalue weighted by Gasteiger charge is -2.40. The van der Waals surface area contributed by atoms with Gasteiger partial charge in [0.25, 0.3) is 6.47 Å². The number of likely N-dealkylation sites (tertiary alicyclic amines) is 1. The smallest absolute Gasteiger partial charge is 0.293 e. The van der Waals surface area contributed by atoms with E-state index < -0.39 is 5.60 Å². The van der Waals surface area contributed by atoms with E-state index in [-0.39, 0.29) is 5.60 Å². The van der Waals surface area contributed by atoms with Crippen LogP contribution in [0.4, 0.5) is 0 Å². The van der Waals surface area contributed by atoms with Gasteiger partial charge in [-0.2, -0.15) is 0 Å². The standard InChI is InChI=1S/C16H21NOS.C5H10O2/c1-11-4-5-13-9-15(19-14(13)8-11)16(18)6-7-17(3)12(2)10-16;1-5(2,3)7-4-6/h4-5,8-9,12,18H,6-7,10H2,1-3H3;4H,1-3H3. The highest BCUT2D eigenvalue weighted by Crippen LogP contribution is 2.41. The molecule has 1 aliphatic rings. The number of aliphatic hydroxyl groups is 1. The van der Waals surface area contributed by atoms with E-state index in [1.54, 1.807) is 11.3 Å². The molecule has 0 radical (unpaired) electrons. The summed E-state index contributed by atoms with van der Waals surface area (Å²) in [5, 5.41) is 12.2. The maximum atomic E-state index is 11.0. The number of piperidine rings is 1. The largest absolute Gasteiger partial charge is 0.462 e. The molecule has 2 heterocycles. The number of hydrogen-bond acceptors (Lipinski definition) is 5. The molecule has 1 aromatic heterocycles. The Kier molecular flexibility index (Phi) is 6.48. The second kappa shape index (κ2) is 8.07. The highest BCUT2D eigenvalue weighted by atomic mass is 32.1. The number of carbonyl (C=O) groups excluding carboxylic acids is 1. The molecule has 0 aliphatic carbocycles. The fourth-order valence-corrected chi connectivity index (χ4v) is 4.35. The van der Waals surface area contributed by atoms with Gasteiger partial charge in [0, 0.05) is 22.2 Å². The highest BCUT2D eigenvalue weighted by molar-refractivity contribution is 7.19. The number of hydrogen-bond donors (Lipinski definition) is 1. The van der Waals surface area contributed by atoms with Crippen LogP contribution >= 0.6 is 11.3 Å². The molecule has 1 N–H and O–H groups in total. The number of fused-ring (bicyclic) bond motifs is 1. The second-order valence-corrected chi connectivity index (χ2v) is 9.38. The molecular weight excluding hydrogens is 346 g/mol. The summed E-state index contributed by atoms with van der Waals surface area (Å²) in [5.41, 5.74) is 0.329. The fourth-order valence-electron chi connectivity index (χ4n) is 3.06. The number of nitrogens with zero attached hydrogens (tertiary/aromatic N) is 1. The van der Waals surface area contributed by atoms with Gasteiger partial charge in [0.15, 0.2) is 0 Å². The summed E-state index contributed by atoms with van der Waals surface area (Å²) in [6.45, 7) is 11.2. The van der Waals surface area contributed by atoms with Crippen molar-refractivity contribution in [1.29, 1.82) is 0 Å². The van der Waals surface area contributed by atoms with Crippen LogP contribution in [0, 0.1) is 6.92 Å². The molecule has 1 fully saturated rings. The van der Waals surface area contributed by atoms with E-state index in [0.717, 1.165) is 24.3 Å². The first kappa shape index (κ1) is 20.9. The minimum absolute atomic E-state index is 0.318. The van der Waals surface area contributed by atoms with E-state index in [0.29, 0.717) is 12.5 Å². The van der Waals surface area contributed by atoms with E-state index in [4.69, 9.17) is 0 Å². The van der Waals surface area contributed by atoms with Gasteiger partial charge in [0.1, 0.15) is 11.2 Å². The van der Waals surface area contributed by atoms with Crippen LogP contribution in [0.15, 0.2) is 24.3 Å². The molecule has 0 spiro atoms. The summed E-state index contributed by atoms with van der Waals surface area (Å²) in [6, 6.07) is 9.13. The van der Waals surface area contributed by atoms with Crippen molar-refractivity contribution in [3.8, 4) is 0 Å². The van der Waals surface area contributed by atoms with Crippen LogP contribution in [-0.4, -0.2) is 41.7 Å². The quantitative estimate of drug-likeness (QED) is 0.785. The molecule has 2 atom stereocenters. The molecule has 4 nitrogen and oxygen atoms in total. The molecule has 2 aromatic rings. The molecule has 1 aliphatic heterocycles. The van der Waals surface area contributed by atoms with Crippen LogP contribution in [0.2, 0.25) is 0 Å². The monoisotopic (exact) mass is 377 g/mol. The predicted molar refractivity (Wildman–Crippen MR) is 109 cm³/mol. The normalized spacial score (nSPS) is 24.0. The summed E-state index contributed by atoms with van der Waals surface area (Å²) in [5.74, 6) is 0. The van der Waals surface area contributed by atoms with Gasteiger partial charge in [-0.3, -0.25) is 4.79 Å². The van der Waals surface area contributed by atoms with Crippen molar-refractivity contribution in [2.24, 2.45) is 0 Å². The van der Waals surface area contributed by atoms with Crippen molar-refractivity contribution in [2.45, 2.75) is 64.7 Å². The number of benzene rings is 1. The topological polar surface area (TPSA) is 49.8 Å². The molecule has 144 valence electrons. The average molecular weight is 378 g/mol. The third-order valence-corrected chi connectivity index (χ3v) is 6.09. The SMILES string of the molecule is CC(C)(C)OC=O.Cc1ccc2cc(C3(O)CCN(C)C(C)C3)sc2c1. The Labute approximate surface area is 160 Å². The van der Waals surface area contributed by atoms with Crippen LogP contribution < -0.4 is 0 Å². The van der Waals surface area contributed by atoms with Gasteiger partial charge in [0.2, 0.25) is 0 Å². The highest BCUT2D eigenvalue weighted by Gasteiger charge is 2.37. The second-order valence-electron chi connectivity index (χ2n) is 8.29. The van der Waals surface area contributed by atoms with Crippen molar-refractivity contribution >= 4 is 27.9 Å². The maximum Gasteiger partial charge on any atom is 0.293 e. The Morgan fingerprint density at radius 3 is 2.58 bits per heavy atom. The average Bonchev–Trinajstić information content (AvgIpc) is 2.95. The van der Waals surface area contributed by atoms with E-state index in [1.165, 1.54) is 15.6 Å². The Balaban J connectivity index is 0.000000298. The zero-order chi connectivity index (χ0) is 19.5. The third-order valence-electron chi connectivity index (χ3n) is 4.80. The fraction of sp³-hybridized carbons (Fsp3) is 0.571. The van der Waals surface area contributed by atoms with Gasteiger partial charge in [-0.25, -0.2) is 0 Å². The molecule has 0 saturated carbocycles. The predicted octanol–water partition coefficient (Wildman–Crippen LogP) is 4.47. The van der Waals surface area contributed by atoms with Crippen molar-refractivity contribution in [3.63, 3.8) is 0 Å². The summed E-state index contributed by atoms with van der Waals surface area (Å²) >= 11 is 1.75. The van der Waals surface area contributed by atoms with Crippen molar-refractivity contribution in [2.75, 3.05) is 13.6 Å². The van der Waals surface area contributed by atoms with Crippen molar-refractivity contribution in [3.05, 3.63) is 34.7 Å². The van der Waals surface area contributed by atoms with Gasteiger partial charge in [0.05, 0.1) is 0 Å². The van der Waals surface area contributed by atoms with Crippen molar-refractivity contribution < 1.29 is 14.6 Å². The number of aryl methyl sites for hydroxylation is 1. The van der Waals surface area contributed by atoms with Crippen LogP contribution in [0.1, 0.15) is 51.0 Å². The van der Waals surface area contributed by atoms with Gasteiger partial charge < -0.3 is 14.7 Å². The summed E-state index contributed by atoms with van der Waals surface area (Å²) in [4.78, 5) is 13.1. The molecule has 3 rings (SSSR count).